The molecule has 0 aromatic heterocycles. The Hall–Kier alpha value is -1.94. The fourth-order valence-corrected chi connectivity index (χ4v) is 11.3. The Morgan fingerprint density at radius 1 is 0.329 bits per heavy atom. The van der Waals surface area contributed by atoms with Gasteiger partial charge in [-0.05, 0) is 49.4 Å². The molecular formula is C66H128O17P2. The lowest BCUT2D eigenvalue weighted by Gasteiger charge is -2.21. The highest BCUT2D eigenvalue weighted by molar-refractivity contribution is 7.47. The minimum atomic E-state index is -4.95. The van der Waals surface area contributed by atoms with Gasteiger partial charge in [0.1, 0.15) is 19.3 Å². The lowest BCUT2D eigenvalue weighted by Crippen LogP contribution is -2.30. The summed E-state index contributed by atoms with van der Waals surface area (Å²) in [6.07, 6.45) is 36.3. The van der Waals surface area contributed by atoms with E-state index in [1.807, 2.05) is 0 Å². The highest BCUT2D eigenvalue weighted by atomic mass is 31.2. The van der Waals surface area contributed by atoms with Crippen molar-refractivity contribution >= 4 is 39.5 Å². The van der Waals surface area contributed by atoms with Gasteiger partial charge >= 0.3 is 39.5 Å². The Morgan fingerprint density at radius 3 is 0.835 bits per heavy atom. The van der Waals surface area contributed by atoms with Gasteiger partial charge in [0.15, 0.2) is 12.2 Å². The third-order valence-electron chi connectivity index (χ3n) is 16.2. The molecule has 0 aliphatic rings. The molecule has 0 bridgehead atoms. The first-order valence-corrected chi connectivity index (χ1v) is 37.3. The fourth-order valence-electron chi connectivity index (χ4n) is 9.69. The summed E-state index contributed by atoms with van der Waals surface area (Å²) in [6, 6.07) is 0. The monoisotopic (exact) mass is 1250 g/mol. The van der Waals surface area contributed by atoms with Crippen LogP contribution in [0.2, 0.25) is 0 Å². The molecule has 0 aliphatic heterocycles. The summed E-state index contributed by atoms with van der Waals surface area (Å²) in [7, 11) is -9.89. The van der Waals surface area contributed by atoms with E-state index in [4.69, 9.17) is 37.0 Å². The van der Waals surface area contributed by atoms with E-state index < -0.39 is 97.5 Å². The first kappa shape index (κ1) is 83.1. The largest absolute Gasteiger partial charge is 0.472 e. The highest BCUT2D eigenvalue weighted by Gasteiger charge is 2.30. The van der Waals surface area contributed by atoms with Gasteiger partial charge in [-0.3, -0.25) is 37.3 Å². The smallest absolute Gasteiger partial charge is 0.462 e. The lowest BCUT2D eigenvalue weighted by atomic mass is 9.99. The van der Waals surface area contributed by atoms with Gasteiger partial charge in [-0.25, -0.2) is 9.13 Å². The van der Waals surface area contributed by atoms with Crippen molar-refractivity contribution in [2.75, 3.05) is 39.6 Å². The number of carbonyl (C=O) groups excluding carboxylic acids is 4. The Labute approximate surface area is 517 Å². The molecule has 5 unspecified atom stereocenters. The van der Waals surface area contributed by atoms with Crippen LogP contribution in [0.4, 0.5) is 0 Å². The number of phosphoric acid groups is 2. The van der Waals surface area contributed by atoms with Crippen molar-refractivity contribution in [3.05, 3.63) is 0 Å². The number of hydrogen-bond donors (Lipinski definition) is 3. The summed E-state index contributed by atoms with van der Waals surface area (Å²) in [5.74, 6) is 0.838. The molecule has 17 nitrogen and oxygen atoms in total. The summed E-state index contributed by atoms with van der Waals surface area (Å²) >= 11 is 0. The van der Waals surface area contributed by atoms with Gasteiger partial charge in [-0.1, -0.05) is 267 Å². The van der Waals surface area contributed by atoms with Crippen LogP contribution in [-0.4, -0.2) is 96.7 Å². The van der Waals surface area contributed by atoms with Crippen molar-refractivity contribution in [1.82, 2.24) is 0 Å². The molecule has 504 valence electrons. The molecule has 0 spiro atoms. The first-order valence-electron chi connectivity index (χ1n) is 34.3. The number of phosphoric ester groups is 2. The predicted octanol–water partition coefficient (Wildman–Crippen LogP) is 18.1. The number of hydrogen-bond acceptors (Lipinski definition) is 15. The van der Waals surface area contributed by atoms with E-state index >= 15 is 0 Å². The second kappa shape index (κ2) is 56.1. The number of unbranched alkanes of at least 4 members (excludes halogenated alkanes) is 26. The predicted molar refractivity (Wildman–Crippen MR) is 340 cm³/mol. The Balaban J connectivity index is 5.24. The molecule has 0 fully saturated rings. The van der Waals surface area contributed by atoms with E-state index in [-0.39, 0.29) is 25.7 Å². The molecular weight excluding hydrogens is 1130 g/mol. The number of ether oxygens (including phenoxy) is 4. The van der Waals surface area contributed by atoms with Crippen LogP contribution in [0.1, 0.15) is 319 Å². The average Bonchev–Trinajstić information content (AvgIpc) is 3.54. The van der Waals surface area contributed by atoms with Gasteiger partial charge in [-0.2, -0.15) is 0 Å². The molecule has 0 saturated carbocycles. The molecule has 0 aliphatic carbocycles. The maximum atomic E-state index is 13.0. The zero-order valence-electron chi connectivity index (χ0n) is 55.2. The second-order valence-electron chi connectivity index (χ2n) is 25.1. The van der Waals surface area contributed by atoms with Gasteiger partial charge in [0.2, 0.25) is 0 Å². The molecule has 0 aromatic rings. The quantitative estimate of drug-likeness (QED) is 0.0222. The zero-order valence-corrected chi connectivity index (χ0v) is 57.0. The molecule has 0 saturated heterocycles. The van der Waals surface area contributed by atoms with E-state index in [2.05, 4.69) is 55.4 Å². The number of esters is 4. The van der Waals surface area contributed by atoms with Crippen molar-refractivity contribution in [3.8, 4) is 0 Å². The summed E-state index contributed by atoms with van der Waals surface area (Å²) in [5, 5.41) is 10.5. The fraction of sp³-hybridized carbons (Fsp3) is 0.939. The van der Waals surface area contributed by atoms with Crippen LogP contribution in [0.5, 0.6) is 0 Å². The van der Waals surface area contributed by atoms with Crippen molar-refractivity contribution in [2.45, 2.75) is 337 Å². The number of rotatable bonds is 63. The molecule has 0 radical (unpaired) electrons. The average molecular weight is 1260 g/mol. The Bertz CT molecular complexity index is 1700. The van der Waals surface area contributed by atoms with Crippen LogP contribution in [0.25, 0.3) is 0 Å². The van der Waals surface area contributed by atoms with Crippen molar-refractivity contribution in [2.24, 2.45) is 23.7 Å². The Morgan fingerprint density at radius 2 is 0.565 bits per heavy atom. The van der Waals surface area contributed by atoms with Gasteiger partial charge in [-0.15, -0.1) is 0 Å². The summed E-state index contributed by atoms with van der Waals surface area (Å²) in [4.78, 5) is 72.3. The van der Waals surface area contributed by atoms with Crippen LogP contribution in [0.3, 0.4) is 0 Å². The minimum absolute atomic E-state index is 0.101. The van der Waals surface area contributed by atoms with Crippen molar-refractivity contribution in [1.29, 1.82) is 0 Å². The summed E-state index contributed by atoms with van der Waals surface area (Å²) in [5.41, 5.74) is 0. The molecule has 3 N–H and O–H groups in total. The van der Waals surface area contributed by atoms with E-state index in [1.54, 1.807) is 0 Å². The van der Waals surface area contributed by atoms with Gasteiger partial charge in [0, 0.05) is 25.7 Å². The number of aliphatic hydroxyl groups excluding tert-OH is 1. The standard InChI is InChI=1S/C66H128O17P2/c1-9-57(6)43-35-27-18-14-12-13-15-20-30-38-46-63(68)76-52-62(83-66(71)49-41-33-24-22-26-34-42-56(4)5)55-81-85(74,75)79-51-60(67)50-78-84(72,73)80-54-61(53-77-64(69)47-39-31-25-23-29-37-45-59(8)11-3)82-65(70)48-40-32-21-17-16-19-28-36-44-58(7)10-2/h56-62,67H,9-55H2,1-8H3,(H,72,73)(H,74,75)/t57?,58?,59?,60-,61+,62+/m0/s1. The molecule has 8 atom stereocenters. The SMILES string of the molecule is CCC(C)CCCCCCCCCCCCC(=O)OC[C@H](COP(=O)(O)OC[C@@H](O)COP(=O)(O)OC[C@@H](COC(=O)CCCCCCCCC(C)CC)OC(=O)CCCCCCCCCCC(C)CC)OC(=O)CCCCCCCCC(C)C. The van der Waals surface area contributed by atoms with Gasteiger partial charge in [0.05, 0.1) is 26.4 Å². The van der Waals surface area contributed by atoms with Gasteiger partial charge < -0.3 is 33.8 Å². The third kappa shape index (κ3) is 57.0. The minimum Gasteiger partial charge on any atom is -0.462 e. The van der Waals surface area contributed by atoms with Crippen LogP contribution in [-0.2, 0) is 65.4 Å². The van der Waals surface area contributed by atoms with Crippen LogP contribution >= 0.6 is 15.6 Å². The number of aliphatic hydroxyl groups is 1. The topological polar surface area (TPSA) is 237 Å². The van der Waals surface area contributed by atoms with Crippen LogP contribution < -0.4 is 0 Å². The van der Waals surface area contributed by atoms with E-state index in [1.165, 1.54) is 116 Å². The third-order valence-corrected chi connectivity index (χ3v) is 18.1. The summed E-state index contributed by atoms with van der Waals surface area (Å²) < 4.78 is 68.1. The maximum Gasteiger partial charge on any atom is 0.472 e. The Kier molecular flexibility index (Phi) is 54.8. The van der Waals surface area contributed by atoms with E-state index in [9.17, 15) is 43.2 Å². The second-order valence-corrected chi connectivity index (χ2v) is 28.0. The van der Waals surface area contributed by atoms with E-state index in [0.717, 1.165) is 114 Å². The van der Waals surface area contributed by atoms with Gasteiger partial charge in [0.25, 0.3) is 0 Å². The van der Waals surface area contributed by atoms with Crippen LogP contribution in [0.15, 0.2) is 0 Å². The lowest BCUT2D eigenvalue weighted by molar-refractivity contribution is -0.161. The number of carbonyl (C=O) groups is 4. The normalized spacial score (nSPS) is 15.3. The molecule has 85 heavy (non-hydrogen) atoms. The molecule has 0 aromatic carbocycles. The first-order chi connectivity index (χ1) is 40.7. The van der Waals surface area contributed by atoms with Crippen molar-refractivity contribution in [3.63, 3.8) is 0 Å². The van der Waals surface area contributed by atoms with E-state index in [0.29, 0.717) is 31.6 Å². The maximum absolute atomic E-state index is 13.0. The highest BCUT2D eigenvalue weighted by Crippen LogP contribution is 2.45. The van der Waals surface area contributed by atoms with Crippen molar-refractivity contribution < 1.29 is 80.2 Å². The zero-order chi connectivity index (χ0) is 63.2. The van der Waals surface area contributed by atoms with Crippen LogP contribution in [0, 0.1) is 23.7 Å². The molecule has 0 amide bonds. The summed E-state index contributed by atoms with van der Waals surface area (Å²) in [6.45, 7) is 14.0. The molecule has 0 heterocycles. The molecule has 0 rings (SSSR count). The molecule has 19 heteroatoms.